The number of thiazole rings is 1. The lowest BCUT2D eigenvalue weighted by Gasteiger charge is -2.43. The van der Waals surface area contributed by atoms with Gasteiger partial charge in [-0.3, -0.25) is 24.1 Å². The lowest BCUT2D eigenvalue weighted by atomic mass is 9.68. The van der Waals surface area contributed by atoms with Crippen LogP contribution in [-0.2, 0) is 14.4 Å². The Morgan fingerprint density at radius 1 is 0.894 bits per heavy atom. The minimum absolute atomic E-state index is 0.0318. The summed E-state index contributed by atoms with van der Waals surface area (Å²) in [6, 6.07) is 16.7. The second kappa shape index (κ2) is 11.9. The number of halogens is 4. The molecule has 2 N–H and O–H groups in total. The van der Waals surface area contributed by atoms with Crippen molar-refractivity contribution in [1.82, 2.24) is 4.98 Å². The van der Waals surface area contributed by atoms with E-state index in [0.717, 1.165) is 33.2 Å². The number of fused-ring (bicyclic) bond motifs is 9. The molecule has 8 rings (SSSR count). The summed E-state index contributed by atoms with van der Waals surface area (Å²) in [4.78, 5) is 58.5. The van der Waals surface area contributed by atoms with Crippen molar-refractivity contribution in [3.63, 3.8) is 0 Å². The van der Waals surface area contributed by atoms with Gasteiger partial charge < -0.3 is 15.0 Å². The highest BCUT2D eigenvalue weighted by Crippen LogP contribution is 2.69. The fraction of sp³-hybridized carbons (Fsp3) is 0.273. The smallest absolute Gasteiger partial charge is 0.305 e. The molecule has 2 aliphatic heterocycles. The molecule has 4 aliphatic rings. The van der Waals surface area contributed by atoms with E-state index in [1.165, 1.54) is 4.90 Å². The number of hydrogen-bond acceptors (Lipinski definition) is 7. The largest absolute Gasteiger partial charge is 0.483 e. The van der Waals surface area contributed by atoms with Crippen LogP contribution in [0.25, 0.3) is 0 Å². The van der Waals surface area contributed by atoms with Crippen LogP contribution >= 0.6 is 69.5 Å². The van der Waals surface area contributed by atoms with E-state index >= 15 is 0 Å². The van der Waals surface area contributed by atoms with E-state index in [1.54, 1.807) is 66.4 Å². The number of nitrogens with zero attached hydrogens (tertiary/aromatic N) is 1. The molecule has 0 radical (unpaired) electrons. The maximum atomic E-state index is 14.0. The molecule has 8 nitrogen and oxygen atoms in total. The van der Waals surface area contributed by atoms with Gasteiger partial charge in [0.15, 0.2) is 6.61 Å². The molecule has 0 unspecified atom stereocenters. The number of amides is 3. The Labute approximate surface area is 296 Å². The summed E-state index contributed by atoms with van der Waals surface area (Å²) in [5, 5.41) is 5.15. The molecule has 3 heterocycles. The fourth-order valence-corrected chi connectivity index (χ4v) is 11.5. The molecule has 3 fully saturated rings. The van der Waals surface area contributed by atoms with Crippen LogP contribution < -0.4 is 19.8 Å². The topological polar surface area (TPSA) is 109 Å². The number of imide groups is 1. The zero-order valence-corrected chi connectivity index (χ0v) is 28.7. The van der Waals surface area contributed by atoms with Crippen LogP contribution in [0.4, 0.5) is 11.4 Å². The van der Waals surface area contributed by atoms with E-state index in [1.807, 2.05) is 6.07 Å². The standard InChI is InChI=1S/C33H23Cl4N3O5S2/c34-13-1-5-16(6-2-13)40-31(42)26-18-11-19(27(26)32(40)43)28-25(18)24(29-30(46-28)39-33(44)47-29)17-9-14(35)3-8-22(17)45-12-23(41)38-15-4-7-20(36)21(37)10-15/h1-10,18-19,24-28H,11-12H2,(H,38,41)(H,39,44)/t18-,19-,24+,25-,26+,27+,28-/m1/s1. The summed E-state index contributed by atoms with van der Waals surface area (Å²) in [7, 11) is 0. The molecule has 2 saturated carbocycles. The number of anilines is 2. The van der Waals surface area contributed by atoms with E-state index in [9.17, 15) is 19.2 Å². The molecule has 4 aromatic rings. The highest BCUT2D eigenvalue weighted by Gasteiger charge is 2.69. The molecule has 14 heteroatoms. The van der Waals surface area contributed by atoms with Gasteiger partial charge in [-0.1, -0.05) is 57.7 Å². The molecule has 1 aromatic heterocycles. The summed E-state index contributed by atoms with van der Waals surface area (Å²) in [6.07, 6.45) is 0.724. The van der Waals surface area contributed by atoms with Crippen molar-refractivity contribution in [2.24, 2.45) is 29.6 Å². The second-order valence-corrected chi connectivity index (χ2v) is 16.0. The van der Waals surface area contributed by atoms with E-state index in [0.29, 0.717) is 37.2 Å². The van der Waals surface area contributed by atoms with E-state index in [4.69, 9.17) is 51.1 Å². The van der Waals surface area contributed by atoms with Gasteiger partial charge in [-0.2, -0.15) is 0 Å². The molecular weight excluding hydrogens is 724 g/mol. The first-order valence-corrected chi connectivity index (χ1v) is 18.0. The monoisotopic (exact) mass is 745 g/mol. The van der Waals surface area contributed by atoms with Crippen molar-refractivity contribution in [3.05, 3.63) is 101 Å². The predicted molar refractivity (Wildman–Crippen MR) is 184 cm³/mol. The average molecular weight is 748 g/mol. The van der Waals surface area contributed by atoms with Crippen molar-refractivity contribution in [1.29, 1.82) is 0 Å². The van der Waals surface area contributed by atoms with Gasteiger partial charge in [-0.15, -0.1) is 11.8 Å². The van der Waals surface area contributed by atoms with Gasteiger partial charge in [0.05, 0.1) is 32.6 Å². The molecular formula is C33H23Cl4N3O5S2. The first kappa shape index (κ1) is 31.3. The Hall–Kier alpha value is -2.99. The summed E-state index contributed by atoms with van der Waals surface area (Å²) >= 11 is 27.5. The predicted octanol–water partition coefficient (Wildman–Crippen LogP) is 7.75. The first-order chi connectivity index (χ1) is 22.6. The number of aromatic amines is 1. The van der Waals surface area contributed by atoms with Crippen LogP contribution in [0, 0.1) is 29.6 Å². The van der Waals surface area contributed by atoms with Crippen molar-refractivity contribution in [2.45, 2.75) is 22.6 Å². The number of thioether (sulfide) groups is 1. The third-order valence-electron chi connectivity index (χ3n) is 9.68. The van der Waals surface area contributed by atoms with Crippen LogP contribution in [0.15, 0.2) is 70.5 Å². The van der Waals surface area contributed by atoms with E-state index in [2.05, 4.69) is 10.3 Å². The Bertz CT molecular complexity index is 2030. The molecule has 1 saturated heterocycles. The van der Waals surface area contributed by atoms with Crippen LogP contribution in [-0.4, -0.2) is 34.6 Å². The van der Waals surface area contributed by atoms with E-state index < -0.39 is 17.7 Å². The number of aromatic nitrogens is 1. The molecule has 0 spiro atoms. The van der Waals surface area contributed by atoms with Crippen molar-refractivity contribution >= 4 is 98.6 Å². The summed E-state index contributed by atoms with van der Waals surface area (Å²) in [5.74, 6) is -1.89. The van der Waals surface area contributed by atoms with Gasteiger partial charge in [0.1, 0.15) is 5.75 Å². The van der Waals surface area contributed by atoms with Crippen molar-refractivity contribution in [2.75, 3.05) is 16.8 Å². The number of hydrogen-bond donors (Lipinski definition) is 2. The lowest BCUT2D eigenvalue weighted by Crippen LogP contribution is -2.42. The number of H-pyrrole nitrogens is 1. The maximum Gasteiger partial charge on any atom is 0.305 e. The molecule has 7 atom stereocenters. The zero-order valence-electron chi connectivity index (χ0n) is 24.0. The van der Waals surface area contributed by atoms with Crippen LogP contribution in [0.1, 0.15) is 22.8 Å². The molecule has 240 valence electrons. The van der Waals surface area contributed by atoms with E-state index in [-0.39, 0.29) is 52.2 Å². The number of benzene rings is 3. The minimum Gasteiger partial charge on any atom is -0.483 e. The van der Waals surface area contributed by atoms with Crippen molar-refractivity contribution in [3.8, 4) is 5.75 Å². The summed E-state index contributed by atoms with van der Waals surface area (Å²) < 4.78 is 6.13. The van der Waals surface area contributed by atoms with Gasteiger partial charge in [-0.05, 0) is 84.8 Å². The number of nitrogens with one attached hydrogen (secondary N) is 2. The Balaban J connectivity index is 1.13. The Morgan fingerprint density at radius 2 is 1.62 bits per heavy atom. The minimum atomic E-state index is -0.481. The SMILES string of the molecule is O=C(COc1ccc(Cl)cc1[C@@H]1c2sc(=O)[nH]c2S[C@@H]2[C@@H]3C[C@@H]([C@@H]4C(=O)N(c5ccc(Cl)cc5)C(=O)[C@@H]34)[C@H]12)Nc1ccc(Cl)c(Cl)c1. The second-order valence-electron chi connectivity index (χ2n) is 12.1. The molecule has 3 aromatic carbocycles. The number of ether oxygens (including phenoxy) is 1. The highest BCUT2D eigenvalue weighted by molar-refractivity contribution is 8.00. The van der Waals surface area contributed by atoms with Gasteiger partial charge in [0.2, 0.25) is 11.8 Å². The highest BCUT2D eigenvalue weighted by atomic mass is 35.5. The summed E-state index contributed by atoms with van der Waals surface area (Å²) in [5.41, 5.74) is 1.71. The summed E-state index contributed by atoms with van der Waals surface area (Å²) in [6.45, 7) is -0.305. The van der Waals surface area contributed by atoms with Crippen LogP contribution in [0.2, 0.25) is 20.1 Å². The van der Waals surface area contributed by atoms with Crippen LogP contribution in [0.5, 0.6) is 5.75 Å². The van der Waals surface area contributed by atoms with Gasteiger partial charge >= 0.3 is 4.87 Å². The third kappa shape index (κ3) is 5.19. The Kier molecular flexibility index (Phi) is 7.89. The third-order valence-corrected chi connectivity index (χ3v) is 13.5. The zero-order chi connectivity index (χ0) is 32.7. The van der Waals surface area contributed by atoms with Gasteiger partial charge in [0.25, 0.3) is 5.91 Å². The average Bonchev–Trinajstić information content (AvgIpc) is 3.78. The molecule has 47 heavy (non-hydrogen) atoms. The number of rotatable bonds is 6. The quantitative estimate of drug-likeness (QED) is 0.196. The normalized spacial score (nSPS) is 27.1. The van der Waals surface area contributed by atoms with Gasteiger partial charge in [-0.25, -0.2) is 0 Å². The van der Waals surface area contributed by atoms with Crippen molar-refractivity contribution < 1.29 is 19.1 Å². The molecule has 2 bridgehead atoms. The Morgan fingerprint density at radius 3 is 2.36 bits per heavy atom. The van der Waals surface area contributed by atoms with Gasteiger partial charge in [0, 0.05) is 37.3 Å². The lowest BCUT2D eigenvalue weighted by molar-refractivity contribution is -0.123. The van der Waals surface area contributed by atoms with Crippen LogP contribution in [0.3, 0.4) is 0 Å². The fourth-order valence-electron chi connectivity index (χ4n) is 8.02. The molecule has 2 aliphatic carbocycles. The number of carbonyl (C=O) groups excluding carboxylic acids is 3. The first-order valence-electron chi connectivity index (χ1n) is 14.8. The molecule has 3 amide bonds. The maximum absolute atomic E-state index is 14.0. The number of carbonyl (C=O) groups is 3.